The van der Waals surface area contributed by atoms with Crippen LogP contribution in [0.2, 0.25) is 0 Å². The summed E-state index contributed by atoms with van der Waals surface area (Å²) >= 11 is 0. The van der Waals surface area contributed by atoms with Gasteiger partial charge in [-0.3, -0.25) is 9.89 Å². The average molecular weight is 449 g/mol. The molecule has 0 atom stereocenters. The van der Waals surface area contributed by atoms with E-state index in [0.29, 0.717) is 5.92 Å². The number of halogens is 1. The quantitative estimate of drug-likeness (QED) is 0.394. The van der Waals surface area contributed by atoms with Crippen LogP contribution < -0.4 is 5.32 Å². The SMILES string of the molecule is CCNC(=NCC(CC)CC)N1CCN(Cc2ccon2)CC1.I. The molecule has 2 heterocycles. The van der Waals surface area contributed by atoms with Crippen molar-refractivity contribution in [2.75, 3.05) is 39.3 Å². The molecule has 0 aliphatic carbocycles. The van der Waals surface area contributed by atoms with E-state index in [1.165, 1.54) is 12.8 Å². The van der Waals surface area contributed by atoms with Gasteiger partial charge >= 0.3 is 0 Å². The first-order valence-corrected chi connectivity index (χ1v) is 8.91. The summed E-state index contributed by atoms with van der Waals surface area (Å²) in [5.74, 6) is 1.76. The molecule has 1 fully saturated rings. The zero-order valence-corrected chi connectivity index (χ0v) is 17.5. The van der Waals surface area contributed by atoms with E-state index >= 15 is 0 Å². The van der Waals surface area contributed by atoms with Gasteiger partial charge in [0.2, 0.25) is 0 Å². The summed E-state index contributed by atoms with van der Waals surface area (Å²) in [5.41, 5.74) is 1.01. The molecule has 1 saturated heterocycles. The summed E-state index contributed by atoms with van der Waals surface area (Å²) in [7, 11) is 0. The van der Waals surface area contributed by atoms with Crippen molar-refractivity contribution in [1.82, 2.24) is 20.3 Å². The number of nitrogens with zero attached hydrogens (tertiary/aromatic N) is 4. The summed E-state index contributed by atoms with van der Waals surface area (Å²) in [4.78, 5) is 9.66. The van der Waals surface area contributed by atoms with Crippen molar-refractivity contribution in [1.29, 1.82) is 0 Å². The minimum Gasteiger partial charge on any atom is -0.364 e. The molecule has 0 bridgehead atoms. The maximum absolute atomic E-state index is 4.91. The molecule has 1 aliphatic heterocycles. The average Bonchev–Trinajstić information content (AvgIpc) is 3.08. The van der Waals surface area contributed by atoms with Crippen LogP contribution in [0, 0.1) is 5.92 Å². The van der Waals surface area contributed by atoms with Gasteiger partial charge in [-0.25, -0.2) is 0 Å². The molecule has 138 valence electrons. The molecule has 24 heavy (non-hydrogen) atoms. The normalized spacial score (nSPS) is 16.3. The maximum atomic E-state index is 4.91. The lowest BCUT2D eigenvalue weighted by Gasteiger charge is -2.36. The minimum atomic E-state index is 0. The molecule has 0 unspecified atom stereocenters. The highest BCUT2D eigenvalue weighted by atomic mass is 127. The van der Waals surface area contributed by atoms with Gasteiger partial charge in [-0.2, -0.15) is 0 Å². The van der Waals surface area contributed by atoms with Gasteiger partial charge in [-0.05, 0) is 12.8 Å². The monoisotopic (exact) mass is 449 g/mol. The number of nitrogens with one attached hydrogen (secondary N) is 1. The van der Waals surface area contributed by atoms with Crippen LogP contribution in [0.1, 0.15) is 39.3 Å². The molecule has 1 aromatic rings. The third kappa shape index (κ3) is 6.58. The number of aliphatic imine (C=N–C) groups is 1. The van der Waals surface area contributed by atoms with E-state index in [4.69, 9.17) is 9.52 Å². The first kappa shape index (κ1) is 21.2. The zero-order chi connectivity index (χ0) is 16.5. The highest BCUT2D eigenvalue weighted by Crippen LogP contribution is 2.10. The lowest BCUT2D eigenvalue weighted by Crippen LogP contribution is -2.52. The molecule has 0 radical (unpaired) electrons. The molecule has 0 spiro atoms. The number of hydrogen-bond donors (Lipinski definition) is 1. The van der Waals surface area contributed by atoms with Crippen molar-refractivity contribution in [3.8, 4) is 0 Å². The van der Waals surface area contributed by atoms with E-state index in [0.717, 1.165) is 57.5 Å². The van der Waals surface area contributed by atoms with E-state index in [2.05, 4.69) is 41.0 Å². The zero-order valence-electron chi connectivity index (χ0n) is 15.2. The van der Waals surface area contributed by atoms with E-state index in [-0.39, 0.29) is 24.0 Å². The fourth-order valence-corrected chi connectivity index (χ4v) is 2.85. The third-order valence-electron chi connectivity index (χ3n) is 4.54. The first-order valence-electron chi connectivity index (χ1n) is 8.91. The predicted octanol–water partition coefficient (Wildman–Crippen LogP) is 2.81. The van der Waals surface area contributed by atoms with Crippen molar-refractivity contribution < 1.29 is 4.52 Å². The van der Waals surface area contributed by atoms with Crippen molar-refractivity contribution >= 4 is 29.9 Å². The number of rotatable bonds is 7. The molecule has 2 rings (SSSR count). The second-order valence-corrected chi connectivity index (χ2v) is 6.13. The molecule has 1 N–H and O–H groups in total. The Balaban J connectivity index is 0.00000288. The molecular formula is C17H32IN5O. The van der Waals surface area contributed by atoms with E-state index in [1.54, 1.807) is 6.26 Å². The van der Waals surface area contributed by atoms with Crippen LogP contribution >= 0.6 is 24.0 Å². The highest BCUT2D eigenvalue weighted by Gasteiger charge is 2.20. The van der Waals surface area contributed by atoms with Gasteiger partial charge < -0.3 is 14.7 Å². The van der Waals surface area contributed by atoms with Crippen LogP contribution in [0.4, 0.5) is 0 Å². The summed E-state index contributed by atoms with van der Waals surface area (Å²) in [6, 6.07) is 1.94. The summed E-state index contributed by atoms with van der Waals surface area (Å²) in [6.45, 7) is 13.4. The van der Waals surface area contributed by atoms with Gasteiger partial charge in [0.25, 0.3) is 0 Å². The number of piperazine rings is 1. The summed E-state index contributed by atoms with van der Waals surface area (Å²) < 4.78 is 4.91. The van der Waals surface area contributed by atoms with Crippen molar-refractivity contribution in [2.45, 2.75) is 40.2 Å². The lowest BCUT2D eigenvalue weighted by molar-refractivity contribution is 0.169. The Morgan fingerprint density at radius 3 is 2.50 bits per heavy atom. The van der Waals surface area contributed by atoms with Crippen LogP contribution in [0.3, 0.4) is 0 Å². The van der Waals surface area contributed by atoms with Crippen LogP contribution in [0.15, 0.2) is 21.8 Å². The van der Waals surface area contributed by atoms with Crippen molar-refractivity contribution in [3.63, 3.8) is 0 Å². The first-order chi connectivity index (χ1) is 11.3. The summed E-state index contributed by atoms with van der Waals surface area (Å²) in [5, 5.41) is 7.44. The van der Waals surface area contributed by atoms with E-state index in [1.807, 2.05) is 6.07 Å². The van der Waals surface area contributed by atoms with E-state index in [9.17, 15) is 0 Å². The molecule has 0 aromatic carbocycles. The highest BCUT2D eigenvalue weighted by molar-refractivity contribution is 14.0. The third-order valence-corrected chi connectivity index (χ3v) is 4.54. The van der Waals surface area contributed by atoms with Crippen molar-refractivity contribution in [2.24, 2.45) is 10.9 Å². The smallest absolute Gasteiger partial charge is 0.194 e. The maximum Gasteiger partial charge on any atom is 0.194 e. The molecule has 6 nitrogen and oxygen atoms in total. The van der Waals surface area contributed by atoms with Crippen LogP contribution in [0.5, 0.6) is 0 Å². The standard InChI is InChI=1S/C17H31N5O.HI/c1-4-15(5-2)13-19-17(18-6-3)22-10-8-21(9-11-22)14-16-7-12-23-20-16;/h7,12,15H,4-6,8-11,13-14H2,1-3H3,(H,18,19);1H. The number of aromatic nitrogens is 1. The van der Waals surface area contributed by atoms with Gasteiger partial charge in [0.15, 0.2) is 5.96 Å². The molecule has 0 saturated carbocycles. The lowest BCUT2D eigenvalue weighted by atomic mass is 10.0. The molecule has 1 aromatic heterocycles. The van der Waals surface area contributed by atoms with Gasteiger partial charge in [-0.15, -0.1) is 24.0 Å². The molecule has 0 amide bonds. The molecular weight excluding hydrogens is 417 g/mol. The largest absolute Gasteiger partial charge is 0.364 e. The Kier molecular flexibility index (Phi) is 10.3. The van der Waals surface area contributed by atoms with Crippen LogP contribution in [-0.2, 0) is 6.54 Å². The fourth-order valence-electron chi connectivity index (χ4n) is 2.85. The molecule has 7 heteroatoms. The Bertz CT molecular complexity index is 454. The second-order valence-electron chi connectivity index (χ2n) is 6.13. The summed E-state index contributed by atoms with van der Waals surface area (Å²) in [6.07, 6.45) is 4.04. The Morgan fingerprint density at radius 2 is 1.96 bits per heavy atom. The van der Waals surface area contributed by atoms with Crippen LogP contribution in [0.25, 0.3) is 0 Å². The number of hydrogen-bond acceptors (Lipinski definition) is 4. The van der Waals surface area contributed by atoms with Gasteiger partial charge in [0.05, 0.1) is 5.69 Å². The topological polar surface area (TPSA) is 56.9 Å². The van der Waals surface area contributed by atoms with E-state index < -0.39 is 0 Å². The fraction of sp³-hybridized carbons (Fsp3) is 0.765. The second kappa shape index (κ2) is 11.7. The van der Waals surface area contributed by atoms with Gasteiger partial charge in [0.1, 0.15) is 6.26 Å². The Hall–Kier alpha value is -0.830. The predicted molar refractivity (Wildman–Crippen MR) is 109 cm³/mol. The van der Waals surface area contributed by atoms with Gasteiger partial charge in [-0.1, -0.05) is 31.8 Å². The van der Waals surface area contributed by atoms with Crippen molar-refractivity contribution in [3.05, 3.63) is 18.0 Å². The Morgan fingerprint density at radius 1 is 1.25 bits per heavy atom. The molecule has 1 aliphatic rings. The van der Waals surface area contributed by atoms with Gasteiger partial charge in [0, 0.05) is 51.9 Å². The number of guanidine groups is 1. The minimum absolute atomic E-state index is 0. The Labute approximate surface area is 163 Å². The van der Waals surface area contributed by atoms with Crippen LogP contribution in [-0.4, -0.2) is 60.2 Å².